The zero-order chi connectivity index (χ0) is 15.5. The fourth-order valence-corrected chi connectivity index (χ4v) is 2.35. The topological polar surface area (TPSA) is 21.3 Å². The zero-order valence-corrected chi connectivity index (χ0v) is 12.7. The van der Waals surface area contributed by atoms with Crippen molar-refractivity contribution in [3.63, 3.8) is 0 Å². The fourth-order valence-electron chi connectivity index (χ4n) is 1.68. The molecule has 0 aliphatic heterocycles. The number of benzene rings is 2. The van der Waals surface area contributed by atoms with Crippen molar-refractivity contribution in [3.05, 3.63) is 57.4 Å². The van der Waals surface area contributed by atoms with Crippen molar-refractivity contribution in [1.29, 1.82) is 0 Å². The normalized spacial score (nSPS) is 11.3. The lowest BCUT2D eigenvalue weighted by Gasteiger charge is -2.11. The van der Waals surface area contributed by atoms with Gasteiger partial charge in [0.1, 0.15) is 11.6 Å². The van der Waals surface area contributed by atoms with Crippen molar-refractivity contribution in [2.75, 3.05) is 5.32 Å². The van der Waals surface area contributed by atoms with E-state index in [1.807, 2.05) is 22.6 Å². The molecular weight excluding hydrogens is 401 g/mol. The van der Waals surface area contributed by atoms with E-state index in [4.69, 9.17) is 0 Å². The van der Waals surface area contributed by atoms with Crippen LogP contribution < -0.4 is 10.1 Å². The van der Waals surface area contributed by atoms with Crippen LogP contribution in [-0.2, 0) is 6.54 Å². The van der Waals surface area contributed by atoms with Crippen molar-refractivity contribution in [3.8, 4) is 5.75 Å². The Kier molecular flexibility index (Phi) is 4.92. The van der Waals surface area contributed by atoms with Gasteiger partial charge in [0.2, 0.25) is 0 Å². The second-order valence-corrected chi connectivity index (χ2v) is 5.34. The SMILES string of the molecule is Fc1ccc(NCc2cccc(OC(F)(F)F)c2)c(I)c1. The molecule has 0 radical (unpaired) electrons. The molecule has 0 saturated heterocycles. The lowest BCUT2D eigenvalue weighted by atomic mass is 10.2. The van der Waals surface area contributed by atoms with E-state index in [2.05, 4.69) is 10.1 Å². The summed E-state index contributed by atoms with van der Waals surface area (Å²) < 4.78 is 53.9. The second kappa shape index (κ2) is 6.50. The second-order valence-electron chi connectivity index (χ2n) is 4.17. The van der Waals surface area contributed by atoms with Gasteiger partial charge < -0.3 is 10.1 Å². The van der Waals surface area contributed by atoms with Gasteiger partial charge in [0, 0.05) is 15.8 Å². The average Bonchev–Trinajstić information content (AvgIpc) is 2.36. The van der Waals surface area contributed by atoms with Gasteiger partial charge in [-0.25, -0.2) is 4.39 Å². The molecule has 0 aliphatic rings. The third kappa shape index (κ3) is 5.07. The molecule has 0 aromatic heterocycles. The molecule has 0 fully saturated rings. The minimum atomic E-state index is -4.71. The first-order valence-corrected chi connectivity index (χ1v) is 6.95. The number of alkyl halides is 3. The molecule has 0 amide bonds. The van der Waals surface area contributed by atoms with E-state index < -0.39 is 6.36 Å². The van der Waals surface area contributed by atoms with Gasteiger partial charge in [-0.2, -0.15) is 0 Å². The smallest absolute Gasteiger partial charge is 0.406 e. The van der Waals surface area contributed by atoms with Crippen LogP contribution in [0.4, 0.5) is 23.2 Å². The summed E-state index contributed by atoms with van der Waals surface area (Å²) in [4.78, 5) is 0. The van der Waals surface area contributed by atoms with Crippen LogP contribution in [0.25, 0.3) is 0 Å². The van der Waals surface area contributed by atoms with E-state index in [-0.39, 0.29) is 11.6 Å². The highest BCUT2D eigenvalue weighted by Gasteiger charge is 2.31. The number of hydrogen-bond acceptors (Lipinski definition) is 2. The number of ether oxygens (including phenoxy) is 1. The number of nitrogens with one attached hydrogen (secondary N) is 1. The van der Waals surface area contributed by atoms with Gasteiger partial charge in [0.25, 0.3) is 0 Å². The van der Waals surface area contributed by atoms with Crippen molar-refractivity contribution >= 4 is 28.3 Å². The molecule has 2 rings (SSSR count). The Hall–Kier alpha value is -1.51. The Morgan fingerprint density at radius 1 is 1.10 bits per heavy atom. The number of hydrogen-bond donors (Lipinski definition) is 1. The molecule has 1 N–H and O–H groups in total. The van der Waals surface area contributed by atoms with Crippen LogP contribution in [0.5, 0.6) is 5.75 Å². The first kappa shape index (κ1) is 15.9. The monoisotopic (exact) mass is 411 g/mol. The molecule has 0 bridgehead atoms. The van der Waals surface area contributed by atoms with Crippen LogP contribution >= 0.6 is 22.6 Å². The van der Waals surface area contributed by atoms with Gasteiger partial charge in [0.05, 0.1) is 0 Å². The van der Waals surface area contributed by atoms with Crippen molar-refractivity contribution in [2.45, 2.75) is 12.9 Å². The molecule has 2 nitrogen and oxygen atoms in total. The first-order valence-electron chi connectivity index (χ1n) is 5.87. The summed E-state index contributed by atoms with van der Waals surface area (Å²) in [6, 6.07) is 9.95. The highest BCUT2D eigenvalue weighted by atomic mass is 127. The molecule has 0 unspecified atom stereocenters. The van der Waals surface area contributed by atoms with Gasteiger partial charge in [-0.3, -0.25) is 0 Å². The van der Waals surface area contributed by atoms with Crippen LogP contribution in [-0.4, -0.2) is 6.36 Å². The predicted octanol–water partition coefficient (Wildman–Crippen LogP) is 4.94. The van der Waals surface area contributed by atoms with E-state index in [1.54, 1.807) is 12.1 Å². The Balaban J connectivity index is 2.05. The Morgan fingerprint density at radius 2 is 1.86 bits per heavy atom. The van der Waals surface area contributed by atoms with Crippen LogP contribution in [0.1, 0.15) is 5.56 Å². The molecule has 112 valence electrons. The van der Waals surface area contributed by atoms with Crippen molar-refractivity contribution in [1.82, 2.24) is 0 Å². The summed E-state index contributed by atoms with van der Waals surface area (Å²) in [6.07, 6.45) is -4.71. The molecule has 21 heavy (non-hydrogen) atoms. The molecule has 0 saturated carbocycles. The largest absolute Gasteiger partial charge is 0.573 e. The summed E-state index contributed by atoms with van der Waals surface area (Å²) >= 11 is 1.98. The Bertz CT molecular complexity index is 631. The zero-order valence-electron chi connectivity index (χ0n) is 10.5. The fraction of sp³-hybridized carbons (Fsp3) is 0.143. The van der Waals surface area contributed by atoms with E-state index >= 15 is 0 Å². The molecule has 2 aromatic carbocycles. The highest BCUT2D eigenvalue weighted by molar-refractivity contribution is 14.1. The van der Waals surface area contributed by atoms with E-state index in [0.29, 0.717) is 21.4 Å². The standard InChI is InChI=1S/C14H10F4INO/c15-10-4-5-13(12(19)7-10)20-8-9-2-1-3-11(6-9)21-14(16,17)18/h1-7,20H,8H2. The van der Waals surface area contributed by atoms with Gasteiger partial charge in [-0.1, -0.05) is 12.1 Å². The molecule has 0 atom stereocenters. The maximum Gasteiger partial charge on any atom is 0.573 e. The predicted molar refractivity (Wildman–Crippen MR) is 79.6 cm³/mol. The highest BCUT2D eigenvalue weighted by Crippen LogP contribution is 2.24. The molecule has 0 spiro atoms. The Labute approximate surface area is 132 Å². The van der Waals surface area contributed by atoms with E-state index in [9.17, 15) is 17.6 Å². The van der Waals surface area contributed by atoms with Crippen LogP contribution in [0, 0.1) is 9.39 Å². The van der Waals surface area contributed by atoms with Crippen molar-refractivity contribution < 1.29 is 22.3 Å². The molecule has 0 heterocycles. The lowest BCUT2D eigenvalue weighted by Crippen LogP contribution is -2.17. The van der Waals surface area contributed by atoms with Crippen molar-refractivity contribution in [2.24, 2.45) is 0 Å². The third-order valence-corrected chi connectivity index (χ3v) is 3.44. The quantitative estimate of drug-likeness (QED) is 0.569. The summed E-state index contributed by atoms with van der Waals surface area (Å²) in [5.41, 5.74) is 1.33. The van der Waals surface area contributed by atoms with Gasteiger partial charge in [-0.15, -0.1) is 13.2 Å². The number of halogens is 5. The van der Waals surface area contributed by atoms with Gasteiger partial charge >= 0.3 is 6.36 Å². The lowest BCUT2D eigenvalue weighted by molar-refractivity contribution is -0.274. The molecule has 2 aromatic rings. The summed E-state index contributed by atoms with van der Waals surface area (Å²) in [6.45, 7) is 0.302. The molecular formula is C14H10F4INO. The van der Waals surface area contributed by atoms with E-state index in [1.165, 1.54) is 30.3 Å². The summed E-state index contributed by atoms with van der Waals surface area (Å²) in [5.74, 6) is -0.610. The summed E-state index contributed by atoms with van der Waals surface area (Å²) in [5, 5.41) is 3.04. The summed E-state index contributed by atoms with van der Waals surface area (Å²) in [7, 11) is 0. The van der Waals surface area contributed by atoms with Gasteiger partial charge in [-0.05, 0) is 58.5 Å². The van der Waals surface area contributed by atoms with Crippen LogP contribution in [0.15, 0.2) is 42.5 Å². The maximum atomic E-state index is 13.0. The number of anilines is 1. The maximum absolute atomic E-state index is 13.0. The third-order valence-electron chi connectivity index (χ3n) is 2.55. The molecule has 0 aliphatic carbocycles. The van der Waals surface area contributed by atoms with E-state index in [0.717, 1.165) is 0 Å². The Morgan fingerprint density at radius 3 is 2.52 bits per heavy atom. The number of rotatable bonds is 4. The van der Waals surface area contributed by atoms with Gasteiger partial charge in [0.15, 0.2) is 0 Å². The van der Waals surface area contributed by atoms with Crippen LogP contribution in [0.2, 0.25) is 0 Å². The molecule has 7 heteroatoms. The minimum absolute atomic E-state index is 0.268. The minimum Gasteiger partial charge on any atom is -0.406 e. The first-order chi connectivity index (χ1) is 9.83. The van der Waals surface area contributed by atoms with Crippen LogP contribution in [0.3, 0.4) is 0 Å². The average molecular weight is 411 g/mol.